The smallest absolute Gasteiger partial charge is 0.325 e. The Balaban J connectivity index is 0.00000208. The first-order valence-electron chi connectivity index (χ1n) is 8.66. The lowest BCUT2D eigenvalue weighted by atomic mass is 9.97. The Morgan fingerprint density at radius 1 is 1.29 bits per heavy atom. The van der Waals surface area contributed by atoms with Crippen molar-refractivity contribution in [1.29, 1.82) is 0 Å². The van der Waals surface area contributed by atoms with Crippen LogP contribution in [0.1, 0.15) is 51.9 Å². The van der Waals surface area contributed by atoms with Crippen molar-refractivity contribution >= 4 is 30.3 Å². The van der Waals surface area contributed by atoms with Crippen LogP contribution in [-0.4, -0.2) is 58.4 Å². The summed E-state index contributed by atoms with van der Waals surface area (Å²) in [5.74, 6) is -0.402. The van der Waals surface area contributed by atoms with E-state index >= 15 is 0 Å². The van der Waals surface area contributed by atoms with Crippen LogP contribution in [0, 0.1) is 0 Å². The van der Waals surface area contributed by atoms with Crippen molar-refractivity contribution < 1.29 is 14.4 Å². The van der Waals surface area contributed by atoms with Gasteiger partial charge in [-0.15, -0.1) is 12.4 Å². The number of imide groups is 1. The number of urea groups is 1. The van der Waals surface area contributed by atoms with Gasteiger partial charge in [-0.3, -0.25) is 9.59 Å². The van der Waals surface area contributed by atoms with Crippen LogP contribution in [0.5, 0.6) is 0 Å². The fourth-order valence-electron chi connectivity index (χ4n) is 4.20. The Kier molecular flexibility index (Phi) is 5.75. The molecule has 4 amide bonds. The second kappa shape index (κ2) is 7.27. The minimum atomic E-state index is -0.769. The van der Waals surface area contributed by atoms with Crippen LogP contribution >= 0.6 is 12.4 Å². The van der Waals surface area contributed by atoms with Gasteiger partial charge in [-0.2, -0.15) is 0 Å². The molecule has 136 valence electrons. The molecule has 2 heterocycles. The lowest BCUT2D eigenvalue weighted by Gasteiger charge is -2.38. The first kappa shape index (κ1) is 19.0. The van der Waals surface area contributed by atoms with Crippen molar-refractivity contribution in [2.45, 2.75) is 69.5 Å². The van der Waals surface area contributed by atoms with E-state index in [2.05, 4.69) is 5.32 Å². The summed E-state index contributed by atoms with van der Waals surface area (Å²) in [4.78, 5) is 40.8. The second-order valence-corrected chi connectivity index (χ2v) is 6.99. The number of hydrogen-bond acceptors (Lipinski definition) is 4. The third kappa shape index (κ3) is 2.99. The molecule has 2 unspecified atom stereocenters. The van der Waals surface area contributed by atoms with Gasteiger partial charge in [0.1, 0.15) is 11.6 Å². The van der Waals surface area contributed by atoms with Crippen molar-refractivity contribution in [3.05, 3.63) is 0 Å². The highest BCUT2D eigenvalue weighted by molar-refractivity contribution is 6.10. The van der Waals surface area contributed by atoms with Crippen molar-refractivity contribution in [1.82, 2.24) is 15.1 Å². The molecule has 2 atom stereocenters. The molecule has 24 heavy (non-hydrogen) atoms. The number of piperidine rings is 1. The first-order valence-corrected chi connectivity index (χ1v) is 8.66. The summed E-state index contributed by atoms with van der Waals surface area (Å²) >= 11 is 0. The molecule has 0 aromatic rings. The summed E-state index contributed by atoms with van der Waals surface area (Å²) in [6.07, 6.45) is 6.10. The molecule has 1 spiro atoms. The predicted octanol–water partition coefficient (Wildman–Crippen LogP) is 1.00. The molecule has 3 N–H and O–H groups in total. The molecule has 0 radical (unpaired) electrons. The van der Waals surface area contributed by atoms with Gasteiger partial charge in [-0.1, -0.05) is 12.8 Å². The Labute approximate surface area is 148 Å². The number of halogens is 1. The van der Waals surface area contributed by atoms with E-state index in [1.165, 1.54) is 0 Å². The van der Waals surface area contributed by atoms with Gasteiger partial charge in [-0.25, -0.2) is 9.69 Å². The average Bonchev–Trinajstić information content (AvgIpc) is 3.12. The zero-order valence-corrected chi connectivity index (χ0v) is 14.9. The molecular weight excluding hydrogens is 332 g/mol. The Morgan fingerprint density at radius 2 is 1.96 bits per heavy atom. The largest absolute Gasteiger partial charge is 0.337 e. The summed E-state index contributed by atoms with van der Waals surface area (Å²) in [6.45, 7) is 2.72. The Hall–Kier alpha value is -1.34. The summed E-state index contributed by atoms with van der Waals surface area (Å²) in [7, 11) is 0. The monoisotopic (exact) mass is 358 g/mol. The number of hydrogen-bond donors (Lipinski definition) is 2. The highest BCUT2D eigenvalue weighted by Crippen LogP contribution is 2.36. The molecule has 1 aliphatic carbocycles. The minimum absolute atomic E-state index is 0. The number of nitrogens with zero attached hydrogens (tertiary/aromatic N) is 2. The predicted molar refractivity (Wildman–Crippen MR) is 91.7 cm³/mol. The zero-order chi connectivity index (χ0) is 16.6. The third-order valence-corrected chi connectivity index (χ3v) is 5.58. The normalized spacial score (nSPS) is 27.2. The van der Waals surface area contributed by atoms with Gasteiger partial charge in [0.2, 0.25) is 5.91 Å². The van der Waals surface area contributed by atoms with Crippen molar-refractivity contribution in [3.63, 3.8) is 0 Å². The number of nitrogens with one attached hydrogen (secondary N) is 1. The van der Waals surface area contributed by atoms with E-state index in [0.29, 0.717) is 25.9 Å². The molecule has 2 aliphatic heterocycles. The van der Waals surface area contributed by atoms with E-state index in [1.54, 1.807) is 11.8 Å². The first-order chi connectivity index (χ1) is 11.0. The molecule has 3 aliphatic rings. The van der Waals surface area contributed by atoms with Crippen LogP contribution in [-0.2, 0) is 9.59 Å². The standard InChI is InChI=1S/C16H26N4O3.ClH/c1-11(13(21)19-9-5-2-6-12(19)10-17)20-14(22)16(18-15(20)23)7-3-4-8-16;/h11-12H,2-10,17H2,1H3,(H,18,23);1H. The second-order valence-electron chi connectivity index (χ2n) is 6.99. The minimum Gasteiger partial charge on any atom is -0.337 e. The van der Waals surface area contributed by atoms with Gasteiger partial charge in [0.15, 0.2) is 0 Å². The topological polar surface area (TPSA) is 95.7 Å². The quantitative estimate of drug-likeness (QED) is 0.736. The number of rotatable bonds is 3. The maximum Gasteiger partial charge on any atom is 0.325 e. The van der Waals surface area contributed by atoms with Crippen molar-refractivity contribution in [2.75, 3.05) is 13.1 Å². The van der Waals surface area contributed by atoms with Crippen LogP contribution in [0.25, 0.3) is 0 Å². The van der Waals surface area contributed by atoms with Crippen LogP contribution in [0.4, 0.5) is 4.79 Å². The molecule has 8 heteroatoms. The molecule has 0 aromatic heterocycles. The van der Waals surface area contributed by atoms with Gasteiger partial charge in [0, 0.05) is 19.1 Å². The van der Waals surface area contributed by atoms with E-state index in [-0.39, 0.29) is 30.3 Å². The number of likely N-dealkylation sites (tertiary alicyclic amines) is 1. The van der Waals surface area contributed by atoms with E-state index in [1.807, 2.05) is 0 Å². The number of carbonyl (C=O) groups excluding carboxylic acids is 3. The summed E-state index contributed by atoms with van der Waals surface area (Å²) in [5, 5.41) is 2.84. The summed E-state index contributed by atoms with van der Waals surface area (Å²) < 4.78 is 0. The fraction of sp³-hybridized carbons (Fsp3) is 0.812. The SMILES string of the molecule is CC(C(=O)N1CCCCC1CN)N1C(=O)NC2(CCCC2)C1=O.Cl. The molecule has 3 fully saturated rings. The van der Waals surface area contributed by atoms with E-state index in [9.17, 15) is 14.4 Å². The number of nitrogens with two attached hydrogens (primary N) is 1. The Morgan fingerprint density at radius 3 is 2.58 bits per heavy atom. The summed E-state index contributed by atoms with van der Waals surface area (Å²) in [6, 6.07) is -1.19. The highest BCUT2D eigenvalue weighted by atomic mass is 35.5. The molecule has 0 aromatic carbocycles. The fourth-order valence-corrected chi connectivity index (χ4v) is 4.20. The summed E-state index contributed by atoms with van der Waals surface area (Å²) in [5.41, 5.74) is 5.02. The third-order valence-electron chi connectivity index (χ3n) is 5.58. The number of amides is 4. The van der Waals surface area contributed by atoms with Crippen LogP contribution in [0.3, 0.4) is 0 Å². The van der Waals surface area contributed by atoms with Gasteiger partial charge < -0.3 is 16.0 Å². The van der Waals surface area contributed by atoms with Crippen LogP contribution in [0.15, 0.2) is 0 Å². The highest BCUT2D eigenvalue weighted by Gasteiger charge is 2.55. The Bertz CT molecular complexity index is 521. The molecule has 7 nitrogen and oxygen atoms in total. The van der Waals surface area contributed by atoms with Gasteiger partial charge in [0.05, 0.1) is 0 Å². The lowest BCUT2D eigenvalue weighted by Crippen LogP contribution is -2.56. The van der Waals surface area contributed by atoms with Crippen molar-refractivity contribution in [2.24, 2.45) is 5.73 Å². The van der Waals surface area contributed by atoms with Gasteiger partial charge >= 0.3 is 6.03 Å². The molecular formula is C16H27ClN4O3. The molecule has 3 rings (SSSR count). The average molecular weight is 359 g/mol. The molecule has 0 bridgehead atoms. The van der Waals surface area contributed by atoms with Gasteiger partial charge in [-0.05, 0) is 39.0 Å². The van der Waals surface area contributed by atoms with Gasteiger partial charge in [0.25, 0.3) is 5.91 Å². The van der Waals surface area contributed by atoms with Crippen molar-refractivity contribution in [3.8, 4) is 0 Å². The van der Waals surface area contributed by atoms with E-state index in [4.69, 9.17) is 5.73 Å². The lowest BCUT2D eigenvalue weighted by molar-refractivity contribution is -0.145. The zero-order valence-electron chi connectivity index (χ0n) is 14.1. The molecule has 2 saturated heterocycles. The number of carbonyl (C=O) groups is 3. The molecule has 1 saturated carbocycles. The van der Waals surface area contributed by atoms with Crippen LogP contribution < -0.4 is 11.1 Å². The maximum absolute atomic E-state index is 12.8. The van der Waals surface area contributed by atoms with E-state index < -0.39 is 17.6 Å². The van der Waals surface area contributed by atoms with Crippen LogP contribution in [0.2, 0.25) is 0 Å². The maximum atomic E-state index is 12.8. The van der Waals surface area contributed by atoms with E-state index in [0.717, 1.165) is 37.0 Å².